The molecule has 2 rings (SSSR count). The van der Waals surface area contributed by atoms with Crippen LogP contribution in [0.4, 0.5) is 9.59 Å². The van der Waals surface area contributed by atoms with Crippen LogP contribution in [0.5, 0.6) is 0 Å². The number of β-amino-alcohol motifs (C(OH)–C–C–N with tert-alkyl or cyclic N) is 1. The van der Waals surface area contributed by atoms with Crippen molar-refractivity contribution < 1.29 is 39.2 Å². The molecule has 2 saturated heterocycles. The van der Waals surface area contributed by atoms with Crippen LogP contribution in [0, 0.1) is 0 Å². The molecule has 6 amide bonds. The van der Waals surface area contributed by atoms with E-state index in [-0.39, 0.29) is 32.8 Å². The molecule has 4 atom stereocenters. The van der Waals surface area contributed by atoms with E-state index in [0.717, 1.165) is 9.80 Å². The van der Waals surface area contributed by atoms with Gasteiger partial charge in [-0.1, -0.05) is 0 Å². The highest BCUT2D eigenvalue weighted by atomic mass is 16.5. The van der Waals surface area contributed by atoms with Crippen LogP contribution in [0.1, 0.15) is 48.5 Å². The molecule has 2 aliphatic heterocycles. The van der Waals surface area contributed by atoms with E-state index in [1.807, 2.05) is 0 Å². The number of carbonyl (C=O) groups is 4. The van der Waals surface area contributed by atoms with Crippen molar-refractivity contribution in [2.75, 3.05) is 32.8 Å². The molecule has 2 aliphatic rings. The maximum atomic E-state index is 13.1. The van der Waals surface area contributed by atoms with E-state index in [4.69, 9.17) is 4.74 Å². The molecular formula is C22H38N4O8. The molecule has 0 saturated carbocycles. The molecule has 0 aromatic carbocycles. The Morgan fingerprint density at radius 1 is 0.794 bits per heavy atom. The Bertz CT molecular complexity index is 813. The first-order valence-electron chi connectivity index (χ1n) is 11.4. The van der Waals surface area contributed by atoms with Crippen LogP contribution in [-0.4, -0.2) is 127 Å². The highest BCUT2D eigenvalue weighted by Gasteiger charge is 2.55. The zero-order valence-electron chi connectivity index (χ0n) is 21.0. The van der Waals surface area contributed by atoms with Crippen LogP contribution in [0.2, 0.25) is 0 Å². The van der Waals surface area contributed by atoms with Gasteiger partial charge in [-0.25, -0.2) is 9.59 Å². The van der Waals surface area contributed by atoms with Crippen molar-refractivity contribution in [1.82, 2.24) is 19.6 Å². The SMILES string of the molecule is CC(O)COC(CN1C(=O)N(CC(C)O)C(C)(C)C1=O)CN1C(=O)N(C(C)CO)C(C)(C)C1=O. The predicted molar refractivity (Wildman–Crippen MR) is 121 cm³/mol. The fourth-order valence-electron chi connectivity index (χ4n) is 4.37. The van der Waals surface area contributed by atoms with Gasteiger partial charge in [-0.15, -0.1) is 0 Å². The third-order valence-electron chi connectivity index (χ3n) is 6.21. The lowest BCUT2D eigenvalue weighted by atomic mass is 10.0. The summed E-state index contributed by atoms with van der Waals surface area (Å²) in [4.78, 5) is 56.8. The van der Waals surface area contributed by atoms with Crippen LogP contribution in [0.15, 0.2) is 0 Å². The molecule has 34 heavy (non-hydrogen) atoms. The average Bonchev–Trinajstić information content (AvgIpc) is 2.99. The highest BCUT2D eigenvalue weighted by Crippen LogP contribution is 2.31. The van der Waals surface area contributed by atoms with Crippen molar-refractivity contribution in [3.8, 4) is 0 Å². The number of hydrogen-bond donors (Lipinski definition) is 3. The van der Waals surface area contributed by atoms with Gasteiger partial charge in [-0.3, -0.25) is 19.4 Å². The summed E-state index contributed by atoms with van der Waals surface area (Å²) in [6.07, 6.45) is -2.67. The minimum atomic E-state index is -1.20. The van der Waals surface area contributed by atoms with Crippen LogP contribution >= 0.6 is 0 Å². The van der Waals surface area contributed by atoms with Gasteiger partial charge >= 0.3 is 12.1 Å². The third-order valence-corrected chi connectivity index (χ3v) is 6.21. The number of hydrogen-bond acceptors (Lipinski definition) is 8. The van der Waals surface area contributed by atoms with E-state index >= 15 is 0 Å². The van der Waals surface area contributed by atoms with E-state index < -0.39 is 59.3 Å². The third kappa shape index (κ3) is 5.19. The number of aliphatic hydroxyl groups is 3. The molecule has 194 valence electrons. The van der Waals surface area contributed by atoms with Crippen LogP contribution in [-0.2, 0) is 14.3 Å². The fourth-order valence-corrected chi connectivity index (χ4v) is 4.37. The van der Waals surface area contributed by atoms with Crippen molar-refractivity contribution in [3.63, 3.8) is 0 Å². The number of urea groups is 2. The van der Waals surface area contributed by atoms with E-state index in [2.05, 4.69) is 0 Å². The molecule has 2 heterocycles. The second-order valence-electron chi connectivity index (χ2n) is 10.2. The molecule has 0 aromatic heterocycles. The van der Waals surface area contributed by atoms with Gasteiger partial charge in [0, 0.05) is 6.54 Å². The predicted octanol–water partition coefficient (Wildman–Crippen LogP) is -0.400. The molecule has 12 nitrogen and oxygen atoms in total. The summed E-state index contributed by atoms with van der Waals surface area (Å²) >= 11 is 0. The van der Waals surface area contributed by atoms with E-state index in [1.54, 1.807) is 34.6 Å². The summed E-state index contributed by atoms with van der Waals surface area (Å²) in [6.45, 7) is 9.92. The molecular weight excluding hydrogens is 448 g/mol. The van der Waals surface area contributed by atoms with E-state index in [9.17, 15) is 34.5 Å². The zero-order valence-corrected chi connectivity index (χ0v) is 21.0. The monoisotopic (exact) mass is 486 g/mol. The Morgan fingerprint density at radius 2 is 1.29 bits per heavy atom. The molecule has 2 fully saturated rings. The zero-order chi connectivity index (χ0) is 26.2. The topological polar surface area (TPSA) is 151 Å². The number of imide groups is 2. The van der Waals surface area contributed by atoms with Crippen LogP contribution in [0.25, 0.3) is 0 Å². The number of nitrogens with zero attached hydrogens (tertiary/aromatic N) is 4. The minimum absolute atomic E-state index is 0.0431. The van der Waals surface area contributed by atoms with Gasteiger partial charge in [0.15, 0.2) is 0 Å². The highest BCUT2D eigenvalue weighted by molar-refractivity contribution is 6.07. The summed E-state index contributed by atoms with van der Waals surface area (Å²) in [5.41, 5.74) is -2.40. The largest absolute Gasteiger partial charge is 0.394 e. The summed E-state index contributed by atoms with van der Waals surface area (Å²) < 4.78 is 5.72. The number of rotatable bonds is 11. The molecule has 3 N–H and O–H groups in total. The van der Waals surface area contributed by atoms with Gasteiger partial charge in [0.2, 0.25) is 0 Å². The summed E-state index contributed by atoms with van der Waals surface area (Å²) in [7, 11) is 0. The van der Waals surface area contributed by atoms with Crippen LogP contribution in [0.3, 0.4) is 0 Å². The van der Waals surface area contributed by atoms with Crippen molar-refractivity contribution in [3.05, 3.63) is 0 Å². The lowest BCUT2D eigenvalue weighted by Crippen LogP contribution is -2.50. The molecule has 4 unspecified atom stereocenters. The lowest BCUT2D eigenvalue weighted by Gasteiger charge is -2.32. The lowest BCUT2D eigenvalue weighted by molar-refractivity contribution is -0.135. The van der Waals surface area contributed by atoms with Crippen LogP contribution < -0.4 is 0 Å². The van der Waals surface area contributed by atoms with Gasteiger partial charge in [0.05, 0.1) is 50.7 Å². The van der Waals surface area contributed by atoms with E-state index in [0.29, 0.717) is 0 Å². The quantitative estimate of drug-likeness (QED) is 0.334. The molecule has 0 spiro atoms. The Balaban J connectivity index is 2.30. The Morgan fingerprint density at radius 3 is 1.76 bits per heavy atom. The second kappa shape index (κ2) is 10.1. The average molecular weight is 487 g/mol. The Hall–Kier alpha value is -2.28. The van der Waals surface area contributed by atoms with Crippen molar-refractivity contribution in [2.45, 2.75) is 83.9 Å². The molecule has 0 bridgehead atoms. The first-order valence-corrected chi connectivity index (χ1v) is 11.4. The number of aliphatic hydroxyl groups excluding tert-OH is 3. The Labute approximate surface area is 200 Å². The normalized spacial score (nSPS) is 23.7. The second-order valence-corrected chi connectivity index (χ2v) is 10.2. The molecule has 0 aromatic rings. The van der Waals surface area contributed by atoms with Gasteiger partial charge in [0.25, 0.3) is 11.8 Å². The fraction of sp³-hybridized carbons (Fsp3) is 0.818. The molecule has 12 heteroatoms. The summed E-state index contributed by atoms with van der Waals surface area (Å²) in [5.74, 6) is -1.00. The molecule has 0 radical (unpaired) electrons. The van der Waals surface area contributed by atoms with Crippen molar-refractivity contribution in [1.29, 1.82) is 0 Å². The van der Waals surface area contributed by atoms with E-state index in [1.165, 1.54) is 23.6 Å². The molecule has 0 aliphatic carbocycles. The number of amides is 6. The maximum Gasteiger partial charge on any atom is 0.328 e. The maximum absolute atomic E-state index is 13.1. The minimum Gasteiger partial charge on any atom is -0.394 e. The van der Waals surface area contributed by atoms with Crippen molar-refractivity contribution >= 4 is 23.9 Å². The summed E-state index contributed by atoms with van der Waals surface area (Å²) in [6, 6.07) is -1.83. The van der Waals surface area contributed by atoms with Gasteiger partial charge in [0.1, 0.15) is 11.1 Å². The first kappa shape index (κ1) is 28.0. The van der Waals surface area contributed by atoms with Gasteiger partial charge in [-0.05, 0) is 48.5 Å². The van der Waals surface area contributed by atoms with Crippen molar-refractivity contribution in [2.24, 2.45) is 0 Å². The van der Waals surface area contributed by atoms with Gasteiger partial charge < -0.3 is 29.9 Å². The number of carbonyl (C=O) groups excluding carboxylic acids is 4. The standard InChI is InChI=1S/C22H38N4O8/c1-13(11-27)26-20(33)24(18(31)22(26,6)7)10-16(34-12-15(3)29)9-23-17(30)21(4,5)25(19(23)32)8-14(2)28/h13-16,27-29H,8-12H2,1-7H3. The summed E-state index contributed by atoms with van der Waals surface area (Å²) in [5, 5.41) is 29.0. The first-order chi connectivity index (χ1) is 15.6. The smallest absolute Gasteiger partial charge is 0.328 e. The number of ether oxygens (including phenoxy) is 1. The Kier molecular flexibility index (Phi) is 8.34. The van der Waals surface area contributed by atoms with Gasteiger partial charge in [-0.2, -0.15) is 0 Å².